The van der Waals surface area contributed by atoms with Gasteiger partial charge in [-0.1, -0.05) is 0 Å². The van der Waals surface area contributed by atoms with E-state index in [9.17, 15) is 4.39 Å². The zero-order chi connectivity index (χ0) is 9.84. The maximum atomic E-state index is 13.0. The normalized spacial score (nSPS) is 10.2. The van der Waals surface area contributed by atoms with Crippen molar-refractivity contribution in [3.63, 3.8) is 0 Å². The molecule has 0 unspecified atom stereocenters. The number of pyridine rings is 1. The molecule has 72 valence electrons. The van der Waals surface area contributed by atoms with Gasteiger partial charge in [0.15, 0.2) is 11.6 Å². The van der Waals surface area contributed by atoms with Crippen molar-refractivity contribution in [1.29, 1.82) is 0 Å². The van der Waals surface area contributed by atoms with E-state index in [1.807, 2.05) is 45.2 Å². The Morgan fingerprint density at radius 3 is 2.77 bits per heavy atom. The lowest BCUT2D eigenvalue weighted by atomic mass is 10.4. The van der Waals surface area contributed by atoms with Gasteiger partial charge in [-0.2, -0.15) is 0 Å². The molecular weight excluding hydrogens is 403 g/mol. The van der Waals surface area contributed by atoms with Crippen LogP contribution in [0.15, 0.2) is 6.07 Å². The highest BCUT2D eigenvalue weighted by atomic mass is 127. The number of aromatic nitrogens is 1. The first kappa shape index (κ1) is 11.4. The van der Waals surface area contributed by atoms with Crippen molar-refractivity contribution in [3.8, 4) is 5.75 Å². The Labute approximate surface area is 102 Å². The van der Waals surface area contributed by atoms with E-state index in [0.29, 0.717) is 13.2 Å². The second-order valence-electron chi connectivity index (χ2n) is 2.12. The van der Waals surface area contributed by atoms with Crippen LogP contribution in [0.1, 0.15) is 0 Å². The molecule has 0 aliphatic carbocycles. The Morgan fingerprint density at radius 2 is 2.15 bits per heavy atom. The number of rotatable bonds is 3. The number of aliphatic hydroxyl groups excluding tert-OH is 1. The highest BCUT2D eigenvalue weighted by Crippen LogP contribution is 2.22. The van der Waals surface area contributed by atoms with E-state index >= 15 is 0 Å². The van der Waals surface area contributed by atoms with Crippen molar-refractivity contribution in [2.75, 3.05) is 13.2 Å². The highest BCUT2D eigenvalue weighted by molar-refractivity contribution is 14.1. The minimum Gasteiger partial charge on any atom is -0.488 e. The molecule has 1 heterocycles. The van der Waals surface area contributed by atoms with Gasteiger partial charge in [-0.05, 0) is 45.2 Å². The van der Waals surface area contributed by atoms with Crippen molar-refractivity contribution in [1.82, 2.24) is 4.98 Å². The Hall–Kier alpha value is 0.300. The van der Waals surface area contributed by atoms with Gasteiger partial charge in [0.05, 0.1) is 6.61 Å². The third-order valence-electron chi connectivity index (χ3n) is 1.20. The summed E-state index contributed by atoms with van der Waals surface area (Å²) in [4.78, 5) is 3.92. The number of hydrogen-bond donors (Lipinski definition) is 1. The third-order valence-corrected chi connectivity index (χ3v) is 2.73. The summed E-state index contributed by atoms with van der Waals surface area (Å²) in [5, 5.41) is 8.50. The average molecular weight is 409 g/mol. The molecule has 1 aromatic rings. The molecule has 1 rings (SSSR count). The van der Waals surface area contributed by atoms with Gasteiger partial charge < -0.3 is 9.84 Å². The number of hydrogen-bond acceptors (Lipinski definition) is 3. The largest absolute Gasteiger partial charge is 0.488 e. The monoisotopic (exact) mass is 409 g/mol. The molecule has 0 aliphatic heterocycles. The van der Waals surface area contributed by atoms with Crippen molar-refractivity contribution < 1.29 is 14.2 Å². The van der Waals surface area contributed by atoms with Crippen LogP contribution in [-0.2, 0) is 0 Å². The summed E-state index contributed by atoms with van der Waals surface area (Å²) in [5.41, 5.74) is 0. The zero-order valence-electron chi connectivity index (χ0n) is 6.43. The molecule has 0 bridgehead atoms. The summed E-state index contributed by atoms with van der Waals surface area (Å²) in [6, 6.07) is 1.27. The van der Waals surface area contributed by atoms with E-state index in [4.69, 9.17) is 9.84 Å². The van der Waals surface area contributed by atoms with Crippen molar-refractivity contribution in [2.45, 2.75) is 0 Å². The number of ether oxygens (including phenoxy) is 1. The molecule has 0 amide bonds. The molecule has 0 aromatic carbocycles. The summed E-state index contributed by atoms with van der Waals surface area (Å²) in [7, 11) is 0. The summed E-state index contributed by atoms with van der Waals surface area (Å²) in [6.07, 6.45) is 0. The molecule has 0 saturated heterocycles. The summed E-state index contributed by atoms with van der Waals surface area (Å²) < 4.78 is 18.9. The molecular formula is C7H6FI2NO2. The molecule has 6 heteroatoms. The SMILES string of the molecule is OCCOc1cc(F)c(I)nc1I. The van der Waals surface area contributed by atoms with Crippen LogP contribution in [-0.4, -0.2) is 23.3 Å². The van der Waals surface area contributed by atoms with Crippen molar-refractivity contribution >= 4 is 45.2 Å². The molecule has 1 N–H and O–H groups in total. The molecule has 0 atom stereocenters. The van der Waals surface area contributed by atoms with Crippen LogP contribution in [0, 0.1) is 13.2 Å². The van der Waals surface area contributed by atoms with Crippen LogP contribution < -0.4 is 4.74 Å². The first-order valence-electron chi connectivity index (χ1n) is 3.40. The van der Waals surface area contributed by atoms with Crippen LogP contribution in [0.2, 0.25) is 0 Å². The molecule has 0 radical (unpaired) electrons. The van der Waals surface area contributed by atoms with Crippen LogP contribution in [0.4, 0.5) is 4.39 Å². The molecule has 0 saturated carbocycles. The second-order valence-corrected chi connectivity index (χ2v) is 4.17. The smallest absolute Gasteiger partial charge is 0.158 e. The van der Waals surface area contributed by atoms with Crippen LogP contribution in [0.3, 0.4) is 0 Å². The number of halogens is 3. The van der Waals surface area contributed by atoms with E-state index in [2.05, 4.69) is 4.98 Å². The van der Waals surface area contributed by atoms with E-state index in [-0.39, 0.29) is 13.2 Å². The second kappa shape index (κ2) is 5.25. The predicted octanol–water partition coefficient (Wildman–Crippen LogP) is 1.80. The highest BCUT2D eigenvalue weighted by Gasteiger charge is 2.08. The molecule has 0 spiro atoms. The Balaban J connectivity index is 2.88. The van der Waals surface area contributed by atoms with Gasteiger partial charge in [0.1, 0.15) is 14.0 Å². The van der Waals surface area contributed by atoms with E-state index < -0.39 is 5.82 Å². The maximum absolute atomic E-state index is 13.0. The summed E-state index contributed by atoms with van der Waals surface area (Å²) in [5.74, 6) is -0.0403. The van der Waals surface area contributed by atoms with Gasteiger partial charge in [0, 0.05) is 6.07 Å². The van der Waals surface area contributed by atoms with Gasteiger partial charge in [0.25, 0.3) is 0 Å². The zero-order valence-corrected chi connectivity index (χ0v) is 10.7. The van der Waals surface area contributed by atoms with Gasteiger partial charge in [0.2, 0.25) is 0 Å². The van der Waals surface area contributed by atoms with Gasteiger partial charge >= 0.3 is 0 Å². The lowest BCUT2D eigenvalue weighted by Gasteiger charge is -2.06. The van der Waals surface area contributed by atoms with Crippen molar-refractivity contribution in [2.24, 2.45) is 0 Å². The molecule has 1 aromatic heterocycles. The maximum Gasteiger partial charge on any atom is 0.158 e. The average Bonchev–Trinajstić information content (AvgIpc) is 2.09. The minimum absolute atomic E-state index is 0.0936. The Kier molecular flexibility index (Phi) is 4.59. The van der Waals surface area contributed by atoms with E-state index in [1.54, 1.807) is 0 Å². The number of aliphatic hydroxyl groups is 1. The first-order chi connectivity index (χ1) is 6.15. The quantitative estimate of drug-likeness (QED) is 0.612. The first-order valence-corrected chi connectivity index (χ1v) is 5.56. The standard InChI is InChI=1S/C7H6FI2NO2/c8-4-3-5(13-2-1-12)7(10)11-6(4)9/h3,12H,1-2H2. The summed E-state index contributed by atoms with van der Waals surface area (Å²) in [6.45, 7) is 0.0569. The van der Waals surface area contributed by atoms with Crippen LogP contribution in [0.25, 0.3) is 0 Å². The fourth-order valence-electron chi connectivity index (χ4n) is 0.686. The van der Waals surface area contributed by atoms with E-state index in [1.165, 1.54) is 6.07 Å². The fraction of sp³-hybridized carbons (Fsp3) is 0.286. The van der Waals surface area contributed by atoms with Gasteiger partial charge in [-0.15, -0.1) is 0 Å². The van der Waals surface area contributed by atoms with Crippen molar-refractivity contribution in [3.05, 3.63) is 19.3 Å². The van der Waals surface area contributed by atoms with Crippen LogP contribution >= 0.6 is 45.2 Å². The van der Waals surface area contributed by atoms with E-state index in [0.717, 1.165) is 0 Å². The lowest BCUT2D eigenvalue weighted by molar-refractivity contribution is 0.199. The predicted molar refractivity (Wildman–Crippen MR) is 62.2 cm³/mol. The molecule has 0 fully saturated rings. The topological polar surface area (TPSA) is 42.4 Å². The lowest BCUT2D eigenvalue weighted by Crippen LogP contribution is -2.05. The third kappa shape index (κ3) is 3.17. The Morgan fingerprint density at radius 1 is 1.46 bits per heavy atom. The molecule has 13 heavy (non-hydrogen) atoms. The fourth-order valence-corrected chi connectivity index (χ4v) is 2.10. The van der Waals surface area contributed by atoms with Gasteiger partial charge in [-0.25, -0.2) is 9.37 Å². The number of nitrogens with zero attached hydrogens (tertiary/aromatic N) is 1. The minimum atomic E-state index is -0.408. The van der Waals surface area contributed by atoms with Gasteiger partial charge in [-0.3, -0.25) is 0 Å². The molecule has 0 aliphatic rings. The Bertz CT molecular complexity index is 309. The van der Waals surface area contributed by atoms with Crippen LogP contribution in [0.5, 0.6) is 5.75 Å². The molecule has 3 nitrogen and oxygen atoms in total. The summed E-state index contributed by atoms with van der Waals surface area (Å²) >= 11 is 3.76.